The SMILES string of the molecule is CC1CN(Cc2cc(F)cc(C(=N)N)c2)CC1C. The largest absolute Gasteiger partial charge is 0.384 e. The molecule has 0 saturated carbocycles. The normalized spacial score (nSPS) is 24.4. The summed E-state index contributed by atoms with van der Waals surface area (Å²) in [7, 11) is 0. The second-order valence-corrected chi connectivity index (χ2v) is 5.41. The van der Waals surface area contributed by atoms with Crippen molar-refractivity contribution in [1.82, 2.24) is 4.90 Å². The molecule has 0 amide bonds. The first kappa shape index (κ1) is 13.0. The van der Waals surface area contributed by atoms with E-state index in [0.717, 1.165) is 25.2 Å². The summed E-state index contributed by atoms with van der Waals surface area (Å²) in [6, 6.07) is 4.64. The lowest BCUT2D eigenvalue weighted by Crippen LogP contribution is -2.21. The van der Waals surface area contributed by atoms with Gasteiger partial charge in [0.15, 0.2) is 0 Å². The summed E-state index contributed by atoms with van der Waals surface area (Å²) in [6.07, 6.45) is 0. The van der Waals surface area contributed by atoms with E-state index in [1.165, 1.54) is 12.1 Å². The van der Waals surface area contributed by atoms with Gasteiger partial charge in [0, 0.05) is 25.2 Å². The third-order valence-corrected chi connectivity index (χ3v) is 3.74. The third-order valence-electron chi connectivity index (χ3n) is 3.74. The maximum absolute atomic E-state index is 13.4. The molecule has 18 heavy (non-hydrogen) atoms. The van der Waals surface area contributed by atoms with Crippen molar-refractivity contribution in [3.63, 3.8) is 0 Å². The van der Waals surface area contributed by atoms with Gasteiger partial charge in [-0.3, -0.25) is 10.3 Å². The fourth-order valence-electron chi connectivity index (χ4n) is 2.53. The van der Waals surface area contributed by atoms with Gasteiger partial charge in [-0.25, -0.2) is 4.39 Å². The summed E-state index contributed by atoms with van der Waals surface area (Å²) < 4.78 is 13.4. The first-order valence-electron chi connectivity index (χ1n) is 6.32. The van der Waals surface area contributed by atoms with Gasteiger partial charge in [-0.2, -0.15) is 0 Å². The minimum Gasteiger partial charge on any atom is -0.384 e. The second-order valence-electron chi connectivity index (χ2n) is 5.41. The van der Waals surface area contributed by atoms with Crippen LogP contribution in [0, 0.1) is 23.1 Å². The van der Waals surface area contributed by atoms with Crippen LogP contribution in [0.3, 0.4) is 0 Å². The van der Waals surface area contributed by atoms with Gasteiger partial charge >= 0.3 is 0 Å². The molecule has 1 heterocycles. The molecule has 1 saturated heterocycles. The van der Waals surface area contributed by atoms with Crippen LogP contribution >= 0.6 is 0 Å². The summed E-state index contributed by atoms with van der Waals surface area (Å²) in [5.74, 6) is 0.966. The molecule has 0 radical (unpaired) electrons. The van der Waals surface area contributed by atoms with E-state index in [9.17, 15) is 4.39 Å². The average Bonchev–Trinajstić information content (AvgIpc) is 2.56. The smallest absolute Gasteiger partial charge is 0.124 e. The number of rotatable bonds is 3. The van der Waals surface area contributed by atoms with Gasteiger partial charge in [0.2, 0.25) is 0 Å². The zero-order valence-corrected chi connectivity index (χ0v) is 10.9. The number of nitrogens with one attached hydrogen (secondary N) is 1. The van der Waals surface area contributed by atoms with Crippen molar-refractivity contribution >= 4 is 5.84 Å². The number of benzene rings is 1. The highest BCUT2D eigenvalue weighted by atomic mass is 19.1. The number of nitrogen functional groups attached to an aromatic ring is 1. The first-order chi connectivity index (χ1) is 8.45. The highest BCUT2D eigenvalue weighted by Gasteiger charge is 2.25. The van der Waals surface area contributed by atoms with E-state index in [4.69, 9.17) is 11.1 Å². The van der Waals surface area contributed by atoms with Gasteiger partial charge in [0.25, 0.3) is 0 Å². The van der Waals surface area contributed by atoms with Crippen molar-refractivity contribution in [3.8, 4) is 0 Å². The summed E-state index contributed by atoms with van der Waals surface area (Å²) in [4.78, 5) is 2.33. The van der Waals surface area contributed by atoms with Gasteiger partial charge < -0.3 is 5.73 Å². The molecule has 1 aromatic carbocycles. The Kier molecular flexibility index (Phi) is 3.66. The molecule has 0 spiro atoms. The molecule has 0 bridgehead atoms. The van der Waals surface area contributed by atoms with Crippen molar-refractivity contribution in [3.05, 3.63) is 35.1 Å². The van der Waals surface area contributed by atoms with Crippen LogP contribution in [-0.4, -0.2) is 23.8 Å². The molecule has 1 fully saturated rings. The van der Waals surface area contributed by atoms with Gasteiger partial charge in [-0.15, -0.1) is 0 Å². The van der Waals surface area contributed by atoms with Gasteiger partial charge in [-0.05, 0) is 35.6 Å². The lowest BCUT2D eigenvalue weighted by Gasteiger charge is -2.16. The summed E-state index contributed by atoms with van der Waals surface area (Å²) >= 11 is 0. The number of nitrogens with zero attached hydrogens (tertiary/aromatic N) is 1. The molecule has 2 rings (SSSR count). The third kappa shape index (κ3) is 2.88. The van der Waals surface area contributed by atoms with E-state index in [-0.39, 0.29) is 11.7 Å². The van der Waals surface area contributed by atoms with Crippen molar-refractivity contribution in [1.29, 1.82) is 5.41 Å². The Bertz CT molecular complexity index is 448. The Morgan fingerprint density at radius 2 is 1.94 bits per heavy atom. The number of nitrogens with two attached hydrogens (primary N) is 1. The Hall–Kier alpha value is -1.42. The van der Waals surface area contributed by atoms with Crippen LogP contribution in [-0.2, 0) is 6.54 Å². The van der Waals surface area contributed by atoms with Crippen LogP contribution in [0.1, 0.15) is 25.0 Å². The average molecular weight is 249 g/mol. The van der Waals surface area contributed by atoms with Crippen molar-refractivity contribution in [2.45, 2.75) is 20.4 Å². The van der Waals surface area contributed by atoms with E-state index in [2.05, 4.69) is 18.7 Å². The van der Waals surface area contributed by atoms with E-state index in [1.54, 1.807) is 6.07 Å². The van der Waals surface area contributed by atoms with Gasteiger partial charge in [-0.1, -0.05) is 13.8 Å². The van der Waals surface area contributed by atoms with Crippen molar-refractivity contribution < 1.29 is 4.39 Å². The topological polar surface area (TPSA) is 53.1 Å². The number of hydrogen-bond acceptors (Lipinski definition) is 2. The highest BCUT2D eigenvalue weighted by Crippen LogP contribution is 2.24. The van der Waals surface area contributed by atoms with Gasteiger partial charge in [0.05, 0.1) is 0 Å². The standard InChI is InChI=1S/C14H20FN3/c1-9-6-18(7-10(9)2)8-11-3-12(14(16)17)5-13(15)4-11/h3-5,9-10H,6-8H2,1-2H3,(H3,16,17). The van der Waals surface area contributed by atoms with Crippen molar-refractivity contribution in [2.24, 2.45) is 17.6 Å². The first-order valence-corrected chi connectivity index (χ1v) is 6.32. The van der Waals surface area contributed by atoms with E-state index in [0.29, 0.717) is 17.4 Å². The lowest BCUT2D eigenvalue weighted by atomic mass is 10.0. The number of amidine groups is 1. The number of likely N-dealkylation sites (tertiary alicyclic amines) is 1. The number of halogens is 1. The predicted octanol–water partition coefficient (Wildman–Crippen LogP) is 2.20. The van der Waals surface area contributed by atoms with Crippen LogP contribution in [0.4, 0.5) is 4.39 Å². The predicted molar refractivity (Wildman–Crippen MR) is 71.0 cm³/mol. The van der Waals surface area contributed by atoms with Crippen LogP contribution in [0.25, 0.3) is 0 Å². The van der Waals surface area contributed by atoms with Crippen molar-refractivity contribution in [2.75, 3.05) is 13.1 Å². The molecular formula is C14H20FN3. The molecule has 1 aromatic rings. The summed E-state index contributed by atoms with van der Waals surface area (Å²) in [5, 5.41) is 7.37. The van der Waals surface area contributed by atoms with Crippen LogP contribution in [0.2, 0.25) is 0 Å². The molecular weight excluding hydrogens is 229 g/mol. The quantitative estimate of drug-likeness (QED) is 0.637. The fourth-order valence-corrected chi connectivity index (χ4v) is 2.53. The Balaban J connectivity index is 2.12. The Morgan fingerprint density at radius 3 is 2.50 bits per heavy atom. The molecule has 0 aliphatic carbocycles. The Morgan fingerprint density at radius 1 is 1.33 bits per heavy atom. The fraction of sp³-hybridized carbons (Fsp3) is 0.500. The summed E-state index contributed by atoms with van der Waals surface area (Å²) in [5.41, 5.74) is 6.76. The molecule has 3 nitrogen and oxygen atoms in total. The lowest BCUT2D eigenvalue weighted by molar-refractivity contribution is 0.315. The molecule has 4 heteroatoms. The number of hydrogen-bond donors (Lipinski definition) is 2. The minimum absolute atomic E-state index is 0.0843. The maximum Gasteiger partial charge on any atom is 0.124 e. The molecule has 2 unspecified atom stereocenters. The minimum atomic E-state index is -0.321. The van der Waals surface area contributed by atoms with Gasteiger partial charge in [0.1, 0.15) is 11.7 Å². The summed E-state index contributed by atoms with van der Waals surface area (Å²) in [6.45, 7) is 7.32. The monoisotopic (exact) mass is 249 g/mol. The molecule has 0 aromatic heterocycles. The molecule has 98 valence electrons. The van der Waals surface area contributed by atoms with Crippen LogP contribution < -0.4 is 5.73 Å². The second kappa shape index (κ2) is 5.06. The van der Waals surface area contributed by atoms with E-state index in [1.807, 2.05) is 0 Å². The van der Waals surface area contributed by atoms with Crippen LogP contribution in [0.15, 0.2) is 18.2 Å². The Labute approximate surface area is 107 Å². The highest BCUT2D eigenvalue weighted by molar-refractivity contribution is 5.95. The molecule has 3 N–H and O–H groups in total. The van der Waals surface area contributed by atoms with Crippen LogP contribution in [0.5, 0.6) is 0 Å². The van der Waals surface area contributed by atoms with E-state index < -0.39 is 0 Å². The zero-order chi connectivity index (χ0) is 13.3. The molecule has 1 aliphatic rings. The molecule has 2 atom stereocenters. The zero-order valence-electron chi connectivity index (χ0n) is 10.9. The maximum atomic E-state index is 13.4. The molecule has 1 aliphatic heterocycles. The van der Waals surface area contributed by atoms with E-state index >= 15 is 0 Å².